The van der Waals surface area contributed by atoms with Crippen LogP contribution in [-0.4, -0.2) is 19.9 Å². The Balaban J connectivity index is 2.08. The molecule has 4 N–H and O–H groups in total. The van der Waals surface area contributed by atoms with E-state index < -0.39 is 14.9 Å². The lowest BCUT2D eigenvalue weighted by Gasteiger charge is -2.14. The van der Waals surface area contributed by atoms with Crippen molar-refractivity contribution in [2.24, 2.45) is 5.14 Å². The fraction of sp³-hybridized carbons (Fsp3) is 0.200. The second kappa shape index (κ2) is 7.39. The molecular weight excluding hydrogens is 332 g/mol. The van der Waals surface area contributed by atoms with E-state index in [2.05, 4.69) is 10.9 Å². The fourth-order valence-corrected chi connectivity index (χ4v) is 2.68. The molecule has 0 fully saturated rings. The second-order valence-corrected chi connectivity index (χ2v) is 6.86. The maximum atomic E-state index is 11.3. The van der Waals surface area contributed by atoms with Crippen molar-refractivity contribution in [1.29, 1.82) is 0 Å². The highest BCUT2D eigenvalue weighted by Crippen LogP contribution is 2.26. The molecule has 0 saturated carbocycles. The summed E-state index contributed by atoms with van der Waals surface area (Å²) in [7, 11) is -4.00. The van der Waals surface area contributed by atoms with Gasteiger partial charge in [0.15, 0.2) is 0 Å². The fourth-order valence-electron chi connectivity index (χ4n) is 2.14. The third kappa shape index (κ3) is 4.51. The van der Waals surface area contributed by atoms with Gasteiger partial charge in [-0.05, 0) is 23.6 Å². The number of hydrogen-bond donors (Lipinski definition) is 3. The van der Waals surface area contributed by atoms with Crippen molar-refractivity contribution in [1.82, 2.24) is 5.43 Å². The van der Waals surface area contributed by atoms with Crippen LogP contribution in [0.15, 0.2) is 53.4 Å². The second-order valence-electron chi connectivity index (χ2n) is 5.30. The molecular formula is C15H18N4O4S. The highest BCUT2D eigenvalue weighted by Gasteiger charge is 2.19. The van der Waals surface area contributed by atoms with Crippen LogP contribution >= 0.6 is 0 Å². The van der Waals surface area contributed by atoms with E-state index in [9.17, 15) is 18.5 Å². The predicted octanol–water partition coefficient (Wildman–Crippen LogP) is 1.96. The molecule has 0 aliphatic rings. The zero-order valence-electron chi connectivity index (χ0n) is 13.0. The molecule has 128 valence electrons. The number of hydrazine groups is 1. The molecule has 0 aliphatic heterocycles. The molecule has 2 rings (SSSR count). The number of nitro groups is 1. The standard InChI is InChI=1S/C15H18N4O4S/c1-11(12-5-3-2-4-6-12)10-17-18-14-8-7-13(24(16,22)23)9-15(14)19(20)21/h2-9,11,17-18H,10H2,1H3,(H2,16,22,23)/t11-/m1/s1. The van der Waals surface area contributed by atoms with E-state index in [0.717, 1.165) is 11.6 Å². The number of nitrogens with zero attached hydrogens (tertiary/aromatic N) is 1. The van der Waals surface area contributed by atoms with E-state index in [-0.39, 0.29) is 22.2 Å². The number of rotatable bonds is 7. The van der Waals surface area contributed by atoms with Gasteiger partial charge in [0.25, 0.3) is 5.69 Å². The largest absolute Gasteiger partial charge is 0.316 e. The molecule has 0 aromatic heterocycles. The predicted molar refractivity (Wildman–Crippen MR) is 91.0 cm³/mol. The molecule has 1 atom stereocenters. The third-order valence-electron chi connectivity index (χ3n) is 3.49. The number of hydrogen-bond acceptors (Lipinski definition) is 6. The van der Waals surface area contributed by atoms with E-state index in [0.29, 0.717) is 6.54 Å². The smallest absolute Gasteiger partial charge is 0.295 e. The first-order valence-corrected chi connectivity index (χ1v) is 8.68. The summed E-state index contributed by atoms with van der Waals surface area (Å²) >= 11 is 0. The van der Waals surface area contributed by atoms with Crippen molar-refractivity contribution in [3.05, 3.63) is 64.2 Å². The average Bonchev–Trinajstić information content (AvgIpc) is 2.54. The van der Waals surface area contributed by atoms with Gasteiger partial charge in [-0.25, -0.2) is 19.0 Å². The first-order valence-electron chi connectivity index (χ1n) is 7.14. The Morgan fingerprint density at radius 3 is 2.46 bits per heavy atom. The zero-order chi connectivity index (χ0) is 17.7. The van der Waals surface area contributed by atoms with Gasteiger partial charge in [0, 0.05) is 12.6 Å². The highest BCUT2D eigenvalue weighted by atomic mass is 32.2. The molecule has 0 unspecified atom stereocenters. The number of primary sulfonamides is 1. The summed E-state index contributed by atoms with van der Waals surface area (Å²) in [5.74, 6) is 0.182. The van der Waals surface area contributed by atoms with Crippen molar-refractivity contribution in [2.75, 3.05) is 12.0 Å². The molecule has 0 spiro atoms. The maximum absolute atomic E-state index is 11.3. The molecule has 0 amide bonds. The molecule has 8 nitrogen and oxygen atoms in total. The summed E-state index contributed by atoms with van der Waals surface area (Å²) in [4.78, 5) is 10.1. The van der Waals surface area contributed by atoms with Crippen LogP contribution in [-0.2, 0) is 10.0 Å². The molecule has 0 bridgehead atoms. The van der Waals surface area contributed by atoms with E-state index >= 15 is 0 Å². The van der Waals surface area contributed by atoms with Crippen molar-refractivity contribution in [3.8, 4) is 0 Å². The quantitative estimate of drug-likeness (QED) is 0.517. The van der Waals surface area contributed by atoms with Crippen LogP contribution in [0.1, 0.15) is 18.4 Å². The molecule has 0 aliphatic carbocycles. The van der Waals surface area contributed by atoms with Gasteiger partial charge < -0.3 is 5.43 Å². The molecule has 2 aromatic carbocycles. The van der Waals surface area contributed by atoms with E-state index in [1.54, 1.807) is 0 Å². The van der Waals surface area contributed by atoms with Crippen molar-refractivity contribution in [3.63, 3.8) is 0 Å². The molecule has 9 heteroatoms. The number of sulfonamides is 1. The minimum atomic E-state index is -4.00. The minimum absolute atomic E-state index is 0.160. The summed E-state index contributed by atoms with van der Waals surface area (Å²) in [5.41, 5.74) is 6.58. The lowest BCUT2D eigenvalue weighted by molar-refractivity contribution is -0.384. The monoisotopic (exact) mass is 350 g/mol. The summed E-state index contributed by atoms with van der Waals surface area (Å²) in [6.07, 6.45) is 0. The Bertz CT molecular complexity index is 825. The summed E-state index contributed by atoms with van der Waals surface area (Å²) in [6.45, 7) is 2.54. The summed E-state index contributed by atoms with van der Waals surface area (Å²) in [5, 5.41) is 16.1. The number of nitro benzene ring substituents is 1. The van der Waals surface area contributed by atoms with E-state index in [4.69, 9.17) is 5.14 Å². The Morgan fingerprint density at radius 2 is 1.88 bits per heavy atom. The van der Waals surface area contributed by atoms with Gasteiger partial charge in [0.05, 0.1) is 9.82 Å². The first-order chi connectivity index (χ1) is 11.3. The van der Waals surface area contributed by atoms with E-state index in [1.807, 2.05) is 37.3 Å². The van der Waals surface area contributed by atoms with Gasteiger partial charge in [-0.15, -0.1) is 0 Å². The van der Waals surface area contributed by atoms with E-state index in [1.165, 1.54) is 12.1 Å². The molecule has 2 aromatic rings. The van der Waals surface area contributed by atoms with Gasteiger partial charge in [-0.1, -0.05) is 37.3 Å². The van der Waals surface area contributed by atoms with Gasteiger partial charge >= 0.3 is 0 Å². The van der Waals surface area contributed by atoms with Crippen molar-refractivity contribution < 1.29 is 13.3 Å². The number of nitrogens with one attached hydrogen (secondary N) is 2. The van der Waals surface area contributed by atoms with Crippen LogP contribution in [0.3, 0.4) is 0 Å². The Morgan fingerprint density at radius 1 is 1.21 bits per heavy atom. The average molecular weight is 350 g/mol. The topological polar surface area (TPSA) is 127 Å². The third-order valence-corrected chi connectivity index (χ3v) is 4.41. The molecule has 24 heavy (non-hydrogen) atoms. The Kier molecular flexibility index (Phi) is 5.50. The summed E-state index contributed by atoms with van der Waals surface area (Å²) in [6, 6.07) is 13.3. The van der Waals surface area contributed by atoms with Crippen LogP contribution in [0.4, 0.5) is 11.4 Å². The van der Waals surface area contributed by atoms with Gasteiger partial charge in [0.2, 0.25) is 10.0 Å². The number of anilines is 1. The molecule has 0 saturated heterocycles. The normalized spacial score (nSPS) is 12.6. The van der Waals surface area contributed by atoms with Gasteiger partial charge in [0.1, 0.15) is 5.69 Å². The highest BCUT2D eigenvalue weighted by molar-refractivity contribution is 7.89. The van der Waals surface area contributed by atoms with Crippen LogP contribution in [0.25, 0.3) is 0 Å². The van der Waals surface area contributed by atoms with Crippen LogP contribution in [0.2, 0.25) is 0 Å². The lowest BCUT2D eigenvalue weighted by Crippen LogP contribution is -2.26. The Labute approximate surface area is 139 Å². The first kappa shape index (κ1) is 17.9. The van der Waals surface area contributed by atoms with Gasteiger partial charge in [-0.3, -0.25) is 10.1 Å². The minimum Gasteiger partial charge on any atom is -0.316 e. The SMILES string of the molecule is C[C@H](CNNc1ccc(S(N)(=O)=O)cc1[N+](=O)[O-])c1ccccc1. The van der Waals surface area contributed by atoms with Crippen LogP contribution in [0.5, 0.6) is 0 Å². The van der Waals surface area contributed by atoms with Crippen LogP contribution in [0, 0.1) is 10.1 Å². The molecule has 0 radical (unpaired) electrons. The number of nitrogens with two attached hydrogens (primary N) is 1. The van der Waals surface area contributed by atoms with Crippen molar-refractivity contribution in [2.45, 2.75) is 17.7 Å². The molecule has 0 heterocycles. The maximum Gasteiger partial charge on any atom is 0.295 e. The number of benzene rings is 2. The van der Waals surface area contributed by atoms with Crippen molar-refractivity contribution >= 4 is 21.4 Å². The lowest BCUT2D eigenvalue weighted by atomic mass is 10.0. The summed E-state index contributed by atoms with van der Waals surface area (Å²) < 4.78 is 22.6. The van der Waals surface area contributed by atoms with Crippen LogP contribution < -0.4 is 16.0 Å². The zero-order valence-corrected chi connectivity index (χ0v) is 13.8. The Hall–Kier alpha value is -2.49. The van der Waals surface area contributed by atoms with Gasteiger partial charge in [-0.2, -0.15) is 0 Å².